The van der Waals surface area contributed by atoms with Crippen LogP contribution in [-0.2, 0) is 13.0 Å². The fraction of sp³-hybridized carbons (Fsp3) is 0.235. The monoisotopic (exact) mass is 606 g/mol. The highest BCUT2D eigenvalue weighted by Crippen LogP contribution is 2.34. The maximum absolute atomic E-state index is 14.7. The Hall–Kier alpha value is -4.38. The van der Waals surface area contributed by atoms with Crippen LogP contribution in [0.25, 0.3) is 55.7 Å². The zero-order valence-electron chi connectivity index (χ0n) is 24.7. The molecule has 8 nitrogen and oxygen atoms in total. The molecule has 1 saturated heterocycles. The largest absolute Gasteiger partial charge is 0.353 e. The average Bonchev–Trinajstić information content (AvgIpc) is 3.64. The number of nitrogens with zero attached hydrogens (tertiary/aromatic N) is 4. The van der Waals surface area contributed by atoms with Crippen molar-refractivity contribution >= 4 is 42.9 Å². The van der Waals surface area contributed by atoms with Crippen LogP contribution in [0.15, 0.2) is 67.3 Å². The number of hydrogen-bond acceptors (Lipinski definition) is 6. The summed E-state index contributed by atoms with van der Waals surface area (Å²) in [5.41, 5.74) is 8.64. The van der Waals surface area contributed by atoms with Gasteiger partial charge in [-0.15, -0.1) is 0 Å². The maximum atomic E-state index is 14.7. The minimum absolute atomic E-state index is 0.314. The predicted molar refractivity (Wildman–Crippen MR) is 181 cm³/mol. The van der Waals surface area contributed by atoms with Crippen molar-refractivity contribution in [3.05, 3.63) is 84.2 Å². The molecular weight excluding hydrogens is 571 g/mol. The molecule has 224 valence electrons. The number of nitrogens with one attached hydrogen (secondary N) is 4. The molecule has 0 spiro atoms. The smallest absolute Gasteiger partial charge is 0.124 e. The van der Waals surface area contributed by atoms with Crippen molar-refractivity contribution in [1.82, 2.24) is 40.2 Å². The number of rotatable bonds is 8. The van der Waals surface area contributed by atoms with Crippen molar-refractivity contribution in [1.29, 1.82) is 0 Å². The molecule has 6 aromatic rings. The second kappa shape index (κ2) is 11.6. The van der Waals surface area contributed by atoms with Crippen LogP contribution in [0.5, 0.6) is 0 Å². The molecule has 1 aromatic carbocycles. The number of halogens is 1. The fourth-order valence-electron chi connectivity index (χ4n) is 6.00. The highest BCUT2D eigenvalue weighted by molar-refractivity contribution is 8.25. The van der Waals surface area contributed by atoms with Gasteiger partial charge in [0, 0.05) is 52.6 Å². The van der Waals surface area contributed by atoms with Gasteiger partial charge in [-0.2, -0.15) is 14.5 Å². The molecule has 5 aromatic heterocycles. The lowest BCUT2D eigenvalue weighted by Gasteiger charge is -2.22. The van der Waals surface area contributed by atoms with Crippen LogP contribution >= 0.6 is 9.39 Å². The Morgan fingerprint density at radius 2 is 1.73 bits per heavy atom. The third-order valence-corrected chi connectivity index (χ3v) is 9.02. The highest BCUT2D eigenvalue weighted by atomic mass is 32.2. The van der Waals surface area contributed by atoms with E-state index in [1.165, 1.54) is 30.5 Å². The van der Waals surface area contributed by atoms with Crippen LogP contribution in [0.1, 0.15) is 24.0 Å². The average molecular weight is 607 g/mol. The molecule has 10 heteroatoms. The van der Waals surface area contributed by atoms with Crippen molar-refractivity contribution in [3.8, 4) is 33.9 Å². The molecule has 1 aliphatic heterocycles. The van der Waals surface area contributed by atoms with Crippen molar-refractivity contribution in [2.24, 2.45) is 5.92 Å². The van der Waals surface area contributed by atoms with Crippen LogP contribution in [0.4, 0.5) is 4.39 Å². The number of hydrogen-bond donors (Lipinski definition) is 4. The predicted octanol–water partition coefficient (Wildman–Crippen LogP) is 6.21. The molecule has 6 heterocycles. The summed E-state index contributed by atoms with van der Waals surface area (Å²) in [6.45, 7) is 2.64. The normalized spacial score (nSPS) is 14.5. The zero-order valence-corrected chi connectivity index (χ0v) is 25.5. The Morgan fingerprint density at radius 1 is 0.909 bits per heavy atom. The summed E-state index contributed by atoms with van der Waals surface area (Å²) in [6, 6.07) is 13.2. The number of benzene rings is 1. The van der Waals surface area contributed by atoms with Gasteiger partial charge in [-0.1, -0.05) is 11.7 Å². The lowest BCUT2D eigenvalue weighted by Crippen LogP contribution is -2.28. The van der Waals surface area contributed by atoms with E-state index < -0.39 is 9.39 Å². The van der Waals surface area contributed by atoms with Crippen LogP contribution in [0.3, 0.4) is 0 Å². The standard InChI is InChI=1S/C34H35FN8S/c1-44(2,3)40-18-23-11-24(14-26(35)13-23)33-27-16-31(41-29(27)6-9-38-33)34-28-15-30(39-20-32(28)42-43-34)25-12-22(17-37-19-25)10-21-4-7-36-8-5-21/h6,9,11-17,19-21,36,40-41H,1-2,4-5,7-8,10,18H2,3H3,(H,42,43). The van der Waals surface area contributed by atoms with Crippen molar-refractivity contribution in [2.75, 3.05) is 19.3 Å². The fourth-order valence-corrected chi connectivity index (χ4v) is 6.51. The third-order valence-electron chi connectivity index (χ3n) is 8.18. The van der Waals surface area contributed by atoms with Crippen LogP contribution in [0, 0.1) is 11.7 Å². The molecule has 1 fully saturated rings. The van der Waals surface area contributed by atoms with Gasteiger partial charge in [-0.25, -0.2) is 4.39 Å². The SMILES string of the molecule is C=S(=C)(C)NCc1cc(F)cc(-c2nccc3[nH]c(-c4n[nH]c5cnc(-c6cncc(CC7CCNCC7)c6)cc45)cc23)c1. The number of aromatic nitrogens is 6. The van der Waals surface area contributed by atoms with Gasteiger partial charge in [0.05, 0.1) is 28.8 Å². The van der Waals surface area contributed by atoms with Crippen LogP contribution in [-0.4, -0.2) is 61.2 Å². The Balaban J connectivity index is 1.23. The van der Waals surface area contributed by atoms with Gasteiger partial charge in [0.15, 0.2) is 0 Å². The first kappa shape index (κ1) is 28.4. The van der Waals surface area contributed by atoms with E-state index in [-0.39, 0.29) is 5.82 Å². The quantitative estimate of drug-likeness (QED) is 0.153. The van der Waals surface area contributed by atoms with E-state index in [9.17, 15) is 4.39 Å². The number of fused-ring (bicyclic) bond motifs is 2. The molecule has 0 bridgehead atoms. The van der Waals surface area contributed by atoms with E-state index >= 15 is 0 Å². The van der Waals surface area contributed by atoms with Gasteiger partial charge in [-0.3, -0.25) is 24.8 Å². The highest BCUT2D eigenvalue weighted by Gasteiger charge is 2.18. The number of aromatic amines is 2. The van der Waals surface area contributed by atoms with Gasteiger partial charge in [0.1, 0.15) is 11.5 Å². The lowest BCUT2D eigenvalue weighted by atomic mass is 9.91. The molecule has 0 unspecified atom stereocenters. The van der Waals surface area contributed by atoms with Gasteiger partial charge < -0.3 is 10.3 Å². The topological polar surface area (TPSA) is 107 Å². The molecule has 0 radical (unpaired) electrons. The van der Waals surface area contributed by atoms with Gasteiger partial charge in [0.25, 0.3) is 0 Å². The second-order valence-electron chi connectivity index (χ2n) is 11.9. The van der Waals surface area contributed by atoms with Crippen molar-refractivity contribution in [3.63, 3.8) is 0 Å². The van der Waals surface area contributed by atoms with Gasteiger partial charge in [0.2, 0.25) is 0 Å². The molecule has 4 N–H and O–H groups in total. The third kappa shape index (κ3) is 6.01. The minimum atomic E-state index is -1.43. The summed E-state index contributed by atoms with van der Waals surface area (Å²) in [5.74, 6) is 8.49. The van der Waals surface area contributed by atoms with E-state index in [2.05, 4.69) is 59.1 Å². The summed E-state index contributed by atoms with van der Waals surface area (Å²) in [6.07, 6.45) is 12.8. The van der Waals surface area contributed by atoms with E-state index in [0.717, 1.165) is 69.5 Å². The van der Waals surface area contributed by atoms with E-state index in [4.69, 9.17) is 4.98 Å². The van der Waals surface area contributed by atoms with Gasteiger partial charge >= 0.3 is 0 Å². The molecule has 0 atom stereocenters. The second-order valence-corrected chi connectivity index (χ2v) is 14.8. The first-order valence-corrected chi connectivity index (χ1v) is 17.1. The summed E-state index contributed by atoms with van der Waals surface area (Å²) in [5, 5.41) is 13.1. The Bertz CT molecular complexity index is 2090. The lowest BCUT2D eigenvalue weighted by molar-refractivity contribution is 0.372. The zero-order chi connectivity index (χ0) is 30.3. The summed E-state index contributed by atoms with van der Waals surface area (Å²) >= 11 is 0. The van der Waals surface area contributed by atoms with Crippen LogP contribution < -0.4 is 10.0 Å². The first-order valence-electron chi connectivity index (χ1n) is 14.8. The molecular formula is C34H35FN8S. The van der Waals surface area contributed by atoms with E-state index in [0.29, 0.717) is 23.7 Å². The summed E-state index contributed by atoms with van der Waals surface area (Å²) in [4.78, 5) is 17.4. The number of H-pyrrole nitrogens is 2. The molecule has 0 amide bonds. The number of piperidine rings is 1. The Kier molecular flexibility index (Phi) is 7.49. The Labute approximate surface area is 256 Å². The maximum Gasteiger partial charge on any atom is 0.124 e. The molecule has 44 heavy (non-hydrogen) atoms. The summed E-state index contributed by atoms with van der Waals surface area (Å²) < 4.78 is 18.0. The molecule has 1 aliphatic rings. The van der Waals surface area contributed by atoms with Crippen LogP contribution in [0.2, 0.25) is 0 Å². The molecule has 7 rings (SSSR count). The molecule has 0 aliphatic carbocycles. The van der Waals surface area contributed by atoms with Crippen molar-refractivity contribution < 1.29 is 4.39 Å². The number of pyridine rings is 3. The summed E-state index contributed by atoms with van der Waals surface area (Å²) in [7, 11) is -1.43. The minimum Gasteiger partial charge on any atom is -0.353 e. The molecule has 0 saturated carbocycles. The first-order chi connectivity index (χ1) is 21.3. The van der Waals surface area contributed by atoms with Crippen molar-refractivity contribution in [2.45, 2.75) is 25.8 Å². The van der Waals surface area contributed by atoms with E-state index in [1.807, 2.05) is 43.0 Å². The Morgan fingerprint density at radius 3 is 2.57 bits per heavy atom. The van der Waals surface area contributed by atoms with Gasteiger partial charge in [-0.05, 0) is 98.1 Å². The van der Waals surface area contributed by atoms with E-state index in [1.54, 1.807) is 6.20 Å².